The molecule has 3 atom stereocenters. The fourth-order valence-electron chi connectivity index (χ4n) is 3.45. The number of carbonyl (C=O) groups is 2. The van der Waals surface area contributed by atoms with Gasteiger partial charge in [-0.3, -0.25) is 9.59 Å². The van der Waals surface area contributed by atoms with Gasteiger partial charge in [-0.1, -0.05) is 48.7 Å². The van der Waals surface area contributed by atoms with Crippen molar-refractivity contribution in [2.45, 2.75) is 38.5 Å². The van der Waals surface area contributed by atoms with E-state index >= 15 is 0 Å². The van der Waals surface area contributed by atoms with E-state index in [1.165, 1.54) is 26.0 Å². The summed E-state index contributed by atoms with van der Waals surface area (Å²) >= 11 is 30.7. The van der Waals surface area contributed by atoms with Gasteiger partial charge in [-0.15, -0.1) is 23.2 Å². The van der Waals surface area contributed by atoms with Crippen molar-refractivity contribution in [3.8, 4) is 0 Å². The number of nitrogens with one attached hydrogen (secondary N) is 2. The maximum atomic E-state index is 13.7. The van der Waals surface area contributed by atoms with Crippen molar-refractivity contribution in [3.63, 3.8) is 0 Å². The van der Waals surface area contributed by atoms with Gasteiger partial charge in [-0.2, -0.15) is 0 Å². The average molecular weight is 589 g/mol. The highest BCUT2D eigenvalue weighted by Gasteiger charge is 2.32. The van der Waals surface area contributed by atoms with Crippen LogP contribution >= 0.6 is 58.0 Å². The zero-order chi connectivity index (χ0) is 26.3. The molecule has 0 heterocycles. The van der Waals surface area contributed by atoms with Crippen LogP contribution in [0.5, 0.6) is 0 Å². The Morgan fingerprint density at radius 1 is 0.943 bits per heavy atom. The van der Waals surface area contributed by atoms with Crippen molar-refractivity contribution in [2.24, 2.45) is 11.8 Å². The van der Waals surface area contributed by atoms with E-state index in [4.69, 9.17) is 58.0 Å². The van der Waals surface area contributed by atoms with Crippen molar-refractivity contribution in [3.05, 3.63) is 57.0 Å². The van der Waals surface area contributed by atoms with Crippen LogP contribution in [0.2, 0.25) is 15.1 Å². The Bertz CT molecular complexity index is 1030. The molecule has 0 aromatic heterocycles. The predicted molar refractivity (Wildman–Crippen MR) is 142 cm³/mol. The second-order valence-corrected chi connectivity index (χ2v) is 10.1. The van der Waals surface area contributed by atoms with Gasteiger partial charge >= 0.3 is 0 Å². The van der Waals surface area contributed by atoms with Crippen LogP contribution in [0.25, 0.3) is 0 Å². The zero-order valence-electron chi connectivity index (χ0n) is 19.0. The molecule has 0 aliphatic rings. The summed E-state index contributed by atoms with van der Waals surface area (Å²) in [6, 6.07) is 9.38. The maximum Gasteiger partial charge on any atom is 0.248 e. The van der Waals surface area contributed by atoms with Gasteiger partial charge in [0.2, 0.25) is 17.7 Å². The number of anilines is 2. The molecule has 35 heavy (non-hydrogen) atoms. The minimum absolute atomic E-state index is 0.0340. The summed E-state index contributed by atoms with van der Waals surface area (Å²) in [6.45, 7) is 2.77. The molecule has 2 amide bonds. The maximum absolute atomic E-state index is 13.7. The Hall–Kier alpha value is -1.31. The van der Waals surface area contributed by atoms with Crippen molar-refractivity contribution >= 4 is 81.2 Å². The summed E-state index contributed by atoms with van der Waals surface area (Å²) < 4.78 is 27.3. The molecule has 2 rings (SSSR count). The van der Waals surface area contributed by atoms with E-state index in [-0.39, 0.29) is 28.9 Å². The minimum Gasteiger partial charge on any atom is -0.326 e. The standard InChI is InChI=1S/C24H25Cl5F2N2O2/c1-3-24(30,31)10-13(2)22(34)33-21-9-17(4-5-20(21)29)32-23(35)19(12-26)18(11-25)14-6-15(27)8-16(28)7-14/h4-9,13,18-19H,3,10-12H2,1-2H3,(H,32,35)(H,33,34). The van der Waals surface area contributed by atoms with Crippen LogP contribution in [0.3, 0.4) is 0 Å². The third kappa shape index (κ3) is 8.64. The van der Waals surface area contributed by atoms with Gasteiger partial charge in [0.05, 0.1) is 16.6 Å². The Morgan fingerprint density at radius 2 is 1.57 bits per heavy atom. The molecule has 0 fully saturated rings. The molecule has 0 aliphatic heterocycles. The molecule has 0 saturated carbocycles. The molecule has 192 valence electrons. The highest BCUT2D eigenvalue weighted by Crippen LogP contribution is 2.34. The first-order chi connectivity index (χ1) is 16.4. The van der Waals surface area contributed by atoms with Crippen LogP contribution in [-0.2, 0) is 9.59 Å². The van der Waals surface area contributed by atoms with Crippen LogP contribution in [0.15, 0.2) is 36.4 Å². The molecule has 0 spiro atoms. The van der Waals surface area contributed by atoms with E-state index < -0.39 is 41.9 Å². The molecule has 4 nitrogen and oxygen atoms in total. The van der Waals surface area contributed by atoms with Crippen molar-refractivity contribution < 1.29 is 18.4 Å². The molecule has 0 bridgehead atoms. The molecule has 3 unspecified atom stereocenters. The lowest BCUT2D eigenvalue weighted by atomic mass is 9.88. The lowest BCUT2D eigenvalue weighted by Gasteiger charge is -2.24. The summed E-state index contributed by atoms with van der Waals surface area (Å²) in [4.78, 5) is 25.5. The lowest BCUT2D eigenvalue weighted by molar-refractivity contribution is -0.123. The van der Waals surface area contributed by atoms with Crippen LogP contribution < -0.4 is 10.6 Å². The number of amides is 2. The smallest absolute Gasteiger partial charge is 0.248 e. The average Bonchev–Trinajstić information content (AvgIpc) is 2.78. The monoisotopic (exact) mass is 586 g/mol. The van der Waals surface area contributed by atoms with E-state index in [9.17, 15) is 18.4 Å². The van der Waals surface area contributed by atoms with Crippen molar-refractivity contribution in [1.82, 2.24) is 0 Å². The fraction of sp³-hybridized carbons (Fsp3) is 0.417. The Balaban J connectivity index is 2.19. The van der Waals surface area contributed by atoms with Crippen LogP contribution in [-0.4, -0.2) is 29.5 Å². The number of halogens is 7. The molecule has 2 aromatic carbocycles. The third-order valence-electron chi connectivity index (χ3n) is 5.53. The van der Waals surface area contributed by atoms with Crippen molar-refractivity contribution in [1.29, 1.82) is 0 Å². The van der Waals surface area contributed by atoms with Gasteiger partial charge < -0.3 is 10.6 Å². The highest BCUT2D eigenvalue weighted by molar-refractivity contribution is 6.35. The summed E-state index contributed by atoms with van der Waals surface area (Å²) in [5, 5.41) is 6.29. The van der Waals surface area contributed by atoms with E-state index in [1.807, 2.05) is 0 Å². The lowest BCUT2D eigenvalue weighted by Crippen LogP contribution is -2.31. The fourth-order valence-corrected chi connectivity index (χ4v) is 4.91. The minimum atomic E-state index is -2.95. The van der Waals surface area contributed by atoms with Crippen LogP contribution in [0.4, 0.5) is 20.2 Å². The SMILES string of the molecule is CCC(F)(F)CC(C)C(=O)Nc1cc(NC(=O)C(CCl)C(CCl)c2cc(Cl)cc(Cl)c2)ccc1Cl. The quantitative estimate of drug-likeness (QED) is 0.259. The summed E-state index contributed by atoms with van der Waals surface area (Å²) in [5.41, 5.74) is 1.17. The molecule has 0 saturated heterocycles. The first-order valence-corrected chi connectivity index (χ1v) is 13.0. The second-order valence-electron chi connectivity index (χ2n) is 8.21. The highest BCUT2D eigenvalue weighted by atomic mass is 35.5. The molecule has 0 radical (unpaired) electrons. The zero-order valence-corrected chi connectivity index (χ0v) is 22.8. The van der Waals surface area contributed by atoms with E-state index in [0.717, 1.165) is 0 Å². The number of benzene rings is 2. The number of alkyl halides is 4. The van der Waals surface area contributed by atoms with Gasteiger partial charge in [-0.25, -0.2) is 8.78 Å². The Labute approximate surface area is 228 Å². The predicted octanol–water partition coefficient (Wildman–Crippen LogP) is 8.47. The Kier molecular flexibility index (Phi) is 11.4. The van der Waals surface area contributed by atoms with E-state index in [0.29, 0.717) is 21.3 Å². The molecular formula is C24H25Cl5F2N2O2. The first-order valence-electron chi connectivity index (χ1n) is 10.8. The van der Waals surface area contributed by atoms with Gasteiger partial charge in [0.1, 0.15) is 0 Å². The van der Waals surface area contributed by atoms with Gasteiger partial charge in [0.15, 0.2) is 0 Å². The van der Waals surface area contributed by atoms with Crippen molar-refractivity contribution in [2.75, 3.05) is 22.4 Å². The van der Waals surface area contributed by atoms with Gasteiger partial charge in [0.25, 0.3) is 0 Å². The Morgan fingerprint density at radius 3 is 2.11 bits per heavy atom. The number of hydrogen-bond acceptors (Lipinski definition) is 2. The van der Waals surface area contributed by atoms with E-state index in [1.54, 1.807) is 24.3 Å². The molecule has 2 aromatic rings. The number of carbonyl (C=O) groups excluding carboxylic acids is 2. The summed E-state index contributed by atoms with van der Waals surface area (Å²) in [6.07, 6.45) is -0.951. The molecule has 2 N–H and O–H groups in total. The van der Waals surface area contributed by atoms with Crippen LogP contribution in [0, 0.1) is 11.8 Å². The van der Waals surface area contributed by atoms with E-state index in [2.05, 4.69) is 10.6 Å². The largest absolute Gasteiger partial charge is 0.326 e. The summed E-state index contributed by atoms with van der Waals surface area (Å²) in [7, 11) is 0. The van der Waals surface area contributed by atoms with Crippen LogP contribution in [0.1, 0.15) is 38.2 Å². The topological polar surface area (TPSA) is 58.2 Å². The molecular weight excluding hydrogens is 564 g/mol. The normalized spacial score (nSPS) is 14.2. The number of hydrogen-bond donors (Lipinski definition) is 2. The third-order valence-corrected chi connectivity index (χ3v) is 6.96. The molecule has 0 aliphatic carbocycles. The summed E-state index contributed by atoms with van der Waals surface area (Å²) in [5.74, 6) is -6.07. The second kappa shape index (κ2) is 13.3. The molecule has 11 heteroatoms. The van der Waals surface area contributed by atoms with Gasteiger partial charge in [-0.05, 0) is 42.0 Å². The number of rotatable bonds is 11. The first kappa shape index (κ1) is 29.9. The van der Waals surface area contributed by atoms with Gasteiger partial charge in [0, 0.05) is 52.2 Å².